The van der Waals surface area contributed by atoms with Gasteiger partial charge in [0.15, 0.2) is 0 Å². The van der Waals surface area contributed by atoms with E-state index in [1.807, 2.05) is 0 Å². The van der Waals surface area contributed by atoms with Gasteiger partial charge in [-0.25, -0.2) is 14.1 Å². The number of benzene rings is 1. The van der Waals surface area contributed by atoms with Crippen molar-refractivity contribution in [2.45, 2.75) is 6.10 Å². The lowest BCUT2D eigenvalue weighted by atomic mass is 10.1. The molecule has 1 aromatic heterocycles. The van der Waals surface area contributed by atoms with Crippen molar-refractivity contribution in [1.82, 2.24) is 14.8 Å². The second-order valence-electron chi connectivity index (χ2n) is 3.30. The van der Waals surface area contributed by atoms with Crippen LogP contribution in [0.3, 0.4) is 0 Å². The maximum absolute atomic E-state index is 13.7. The van der Waals surface area contributed by atoms with Gasteiger partial charge in [-0.3, -0.25) is 0 Å². The van der Waals surface area contributed by atoms with E-state index in [0.717, 1.165) is 0 Å². The van der Waals surface area contributed by atoms with Gasteiger partial charge < -0.3 is 10.8 Å². The molecule has 0 amide bonds. The van der Waals surface area contributed by atoms with E-state index in [2.05, 4.69) is 10.1 Å². The molecule has 0 spiro atoms. The van der Waals surface area contributed by atoms with E-state index in [-0.39, 0.29) is 12.2 Å². The smallest absolute Gasteiger partial charge is 0.149 e. The van der Waals surface area contributed by atoms with E-state index >= 15 is 0 Å². The molecular formula is C10H11FN4O. The minimum absolute atomic E-state index is 0.0577. The normalized spacial score (nSPS) is 12.7. The Kier molecular flexibility index (Phi) is 2.93. The standard InChI is InChI=1S/C10H11FN4O/c11-8-3-7(10(16)4-12)1-2-9(8)15-6-13-5-14-15/h1-3,5-6,10,16H,4,12H2. The number of hydrogen-bond acceptors (Lipinski definition) is 4. The number of halogens is 1. The quantitative estimate of drug-likeness (QED) is 0.788. The molecule has 1 unspecified atom stereocenters. The highest BCUT2D eigenvalue weighted by molar-refractivity contribution is 5.36. The molecular weight excluding hydrogens is 211 g/mol. The van der Waals surface area contributed by atoms with Crippen LogP contribution in [0.2, 0.25) is 0 Å². The molecule has 84 valence electrons. The van der Waals surface area contributed by atoms with Crippen molar-refractivity contribution >= 4 is 0 Å². The summed E-state index contributed by atoms with van der Waals surface area (Å²) in [6, 6.07) is 4.38. The van der Waals surface area contributed by atoms with Crippen LogP contribution in [0.5, 0.6) is 0 Å². The summed E-state index contributed by atoms with van der Waals surface area (Å²) in [4.78, 5) is 3.73. The van der Waals surface area contributed by atoms with Gasteiger partial charge in [0.1, 0.15) is 24.2 Å². The fourth-order valence-electron chi connectivity index (χ4n) is 1.38. The van der Waals surface area contributed by atoms with Crippen LogP contribution in [0.15, 0.2) is 30.9 Å². The van der Waals surface area contributed by atoms with Crippen molar-refractivity contribution < 1.29 is 9.50 Å². The summed E-state index contributed by atoms with van der Waals surface area (Å²) >= 11 is 0. The first-order chi connectivity index (χ1) is 7.72. The number of aromatic nitrogens is 3. The van der Waals surface area contributed by atoms with Crippen molar-refractivity contribution in [3.63, 3.8) is 0 Å². The van der Waals surface area contributed by atoms with Gasteiger partial charge in [-0.15, -0.1) is 0 Å². The van der Waals surface area contributed by atoms with Gasteiger partial charge in [0, 0.05) is 6.54 Å². The second-order valence-corrected chi connectivity index (χ2v) is 3.30. The third-order valence-corrected chi connectivity index (χ3v) is 2.25. The number of nitrogens with two attached hydrogens (primary N) is 1. The highest BCUT2D eigenvalue weighted by Gasteiger charge is 2.10. The third kappa shape index (κ3) is 1.93. The van der Waals surface area contributed by atoms with E-state index in [0.29, 0.717) is 5.56 Å². The summed E-state index contributed by atoms with van der Waals surface area (Å²) in [5.74, 6) is -0.476. The minimum atomic E-state index is -0.848. The van der Waals surface area contributed by atoms with Crippen LogP contribution in [-0.2, 0) is 0 Å². The Morgan fingerprint density at radius 2 is 2.31 bits per heavy atom. The summed E-state index contributed by atoms with van der Waals surface area (Å²) in [6.45, 7) is 0.0577. The summed E-state index contributed by atoms with van der Waals surface area (Å²) in [7, 11) is 0. The fourth-order valence-corrected chi connectivity index (χ4v) is 1.38. The molecule has 1 atom stereocenters. The van der Waals surface area contributed by atoms with E-state index in [1.54, 1.807) is 6.07 Å². The number of rotatable bonds is 3. The Morgan fingerprint density at radius 3 is 2.88 bits per heavy atom. The van der Waals surface area contributed by atoms with Gasteiger partial charge in [-0.05, 0) is 17.7 Å². The first kappa shape index (κ1) is 10.7. The van der Waals surface area contributed by atoms with Crippen LogP contribution in [0.1, 0.15) is 11.7 Å². The van der Waals surface area contributed by atoms with Crippen LogP contribution in [-0.4, -0.2) is 26.4 Å². The maximum Gasteiger partial charge on any atom is 0.149 e. The molecule has 0 radical (unpaired) electrons. The summed E-state index contributed by atoms with van der Waals surface area (Å²) < 4.78 is 15.0. The highest BCUT2D eigenvalue weighted by atomic mass is 19.1. The minimum Gasteiger partial charge on any atom is -0.387 e. The molecule has 3 N–H and O–H groups in total. The Bertz CT molecular complexity index is 472. The molecule has 0 saturated carbocycles. The number of aliphatic hydroxyl groups is 1. The van der Waals surface area contributed by atoms with Crippen LogP contribution < -0.4 is 5.73 Å². The highest BCUT2D eigenvalue weighted by Crippen LogP contribution is 2.18. The van der Waals surface area contributed by atoms with Crippen molar-refractivity contribution in [2.75, 3.05) is 6.54 Å². The lowest BCUT2D eigenvalue weighted by Gasteiger charge is -2.09. The van der Waals surface area contributed by atoms with E-state index in [4.69, 9.17) is 5.73 Å². The molecule has 16 heavy (non-hydrogen) atoms. The molecule has 0 aliphatic carbocycles. The van der Waals surface area contributed by atoms with Crippen molar-refractivity contribution in [2.24, 2.45) is 5.73 Å². The van der Waals surface area contributed by atoms with Gasteiger partial charge in [0.2, 0.25) is 0 Å². The monoisotopic (exact) mass is 222 g/mol. The Hall–Kier alpha value is -1.79. The van der Waals surface area contributed by atoms with Crippen LogP contribution >= 0.6 is 0 Å². The van der Waals surface area contributed by atoms with E-state index < -0.39 is 11.9 Å². The SMILES string of the molecule is NCC(O)c1ccc(-n2cncn2)c(F)c1. The maximum atomic E-state index is 13.7. The van der Waals surface area contributed by atoms with Gasteiger partial charge >= 0.3 is 0 Å². The molecule has 0 aliphatic heterocycles. The first-order valence-corrected chi connectivity index (χ1v) is 4.75. The van der Waals surface area contributed by atoms with Crippen LogP contribution in [0.25, 0.3) is 5.69 Å². The van der Waals surface area contributed by atoms with Crippen molar-refractivity contribution in [3.05, 3.63) is 42.2 Å². The predicted octanol–water partition coefficient (Wildman–Crippen LogP) is 0.398. The molecule has 0 saturated heterocycles. The van der Waals surface area contributed by atoms with Gasteiger partial charge in [0.25, 0.3) is 0 Å². The fraction of sp³-hybridized carbons (Fsp3) is 0.200. The zero-order valence-electron chi connectivity index (χ0n) is 8.42. The third-order valence-electron chi connectivity index (χ3n) is 2.25. The Balaban J connectivity index is 2.37. The number of nitrogens with zero attached hydrogens (tertiary/aromatic N) is 3. The zero-order chi connectivity index (χ0) is 11.5. The average Bonchev–Trinajstić information content (AvgIpc) is 2.81. The summed E-state index contributed by atoms with van der Waals surface area (Å²) in [5.41, 5.74) is 6.02. The number of hydrogen-bond donors (Lipinski definition) is 2. The van der Waals surface area contributed by atoms with E-state index in [9.17, 15) is 9.50 Å². The Labute approximate surface area is 91.3 Å². The largest absolute Gasteiger partial charge is 0.387 e. The molecule has 0 bridgehead atoms. The molecule has 0 fully saturated rings. The Morgan fingerprint density at radius 1 is 1.50 bits per heavy atom. The molecule has 1 aromatic carbocycles. The molecule has 2 rings (SSSR count). The predicted molar refractivity (Wildman–Crippen MR) is 55.3 cm³/mol. The zero-order valence-corrected chi connectivity index (χ0v) is 8.42. The lowest BCUT2D eigenvalue weighted by Crippen LogP contribution is -2.12. The van der Waals surface area contributed by atoms with Gasteiger partial charge in [-0.2, -0.15) is 5.10 Å². The van der Waals surface area contributed by atoms with Crippen molar-refractivity contribution in [1.29, 1.82) is 0 Å². The van der Waals surface area contributed by atoms with Crippen LogP contribution in [0.4, 0.5) is 4.39 Å². The second kappa shape index (κ2) is 4.38. The molecule has 0 aliphatic rings. The molecule has 1 heterocycles. The van der Waals surface area contributed by atoms with Gasteiger partial charge in [-0.1, -0.05) is 6.07 Å². The molecule has 5 nitrogen and oxygen atoms in total. The summed E-state index contributed by atoms with van der Waals surface area (Å²) in [6.07, 6.45) is 1.87. The topological polar surface area (TPSA) is 77.0 Å². The number of aliphatic hydroxyl groups excluding tert-OH is 1. The van der Waals surface area contributed by atoms with Crippen LogP contribution in [0, 0.1) is 5.82 Å². The molecule has 2 aromatic rings. The average molecular weight is 222 g/mol. The first-order valence-electron chi connectivity index (χ1n) is 4.75. The summed E-state index contributed by atoms with van der Waals surface area (Å²) in [5, 5.41) is 13.3. The van der Waals surface area contributed by atoms with Gasteiger partial charge in [0.05, 0.1) is 6.10 Å². The lowest BCUT2D eigenvalue weighted by molar-refractivity contribution is 0.186. The van der Waals surface area contributed by atoms with E-state index in [1.165, 1.54) is 29.5 Å². The molecule has 6 heteroatoms. The van der Waals surface area contributed by atoms with Crippen molar-refractivity contribution in [3.8, 4) is 5.69 Å².